The second kappa shape index (κ2) is 11.9. The van der Waals surface area contributed by atoms with E-state index in [0.29, 0.717) is 29.4 Å². The summed E-state index contributed by atoms with van der Waals surface area (Å²) in [6.45, 7) is 3.25. The Morgan fingerprint density at radius 1 is 1.03 bits per heavy atom. The van der Waals surface area contributed by atoms with Crippen LogP contribution in [0.1, 0.15) is 34.8 Å². The van der Waals surface area contributed by atoms with Gasteiger partial charge in [-0.1, -0.05) is 48.0 Å². The predicted octanol–water partition coefficient (Wildman–Crippen LogP) is 5.07. The van der Waals surface area contributed by atoms with Gasteiger partial charge in [0.2, 0.25) is 10.0 Å². The summed E-state index contributed by atoms with van der Waals surface area (Å²) in [5.74, 6) is 0.715. The first-order chi connectivity index (χ1) is 16.3. The van der Waals surface area contributed by atoms with Gasteiger partial charge in [-0.25, -0.2) is 8.42 Å². The molecule has 0 aromatic heterocycles. The van der Waals surface area contributed by atoms with Crippen LogP contribution in [-0.4, -0.2) is 33.7 Å². The fourth-order valence-corrected chi connectivity index (χ4v) is 4.61. The number of hydrogen-bond acceptors (Lipinski definition) is 4. The normalized spacial score (nSPS) is 11.1. The summed E-state index contributed by atoms with van der Waals surface area (Å²) in [7, 11) is -3.52. The molecule has 0 aliphatic heterocycles. The molecule has 3 aromatic carbocycles. The first kappa shape index (κ1) is 25.6. The van der Waals surface area contributed by atoms with Crippen molar-refractivity contribution in [1.82, 2.24) is 5.32 Å². The molecule has 180 valence electrons. The zero-order valence-electron chi connectivity index (χ0n) is 19.3. The molecule has 8 heteroatoms. The number of para-hydroxylation sites is 1. The van der Waals surface area contributed by atoms with E-state index in [4.69, 9.17) is 16.3 Å². The Morgan fingerprint density at radius 3 is 2.44 bits per heavy atom. The summed E-state index contributed by atoms with van der Waals surface area (Å²) in [6, 6.07) is 21.5. The van der Waals surface area contributed by atoms with Crippen molar-refractivity contribution in [3.63, 3.8) is 0 Å². The highest BCUT2D eigenvalue weighted by Crippen LogP contribution is 2.24. The van der Waals surface area contributed by atoms with Crippen molar-refractivity contribution in [2.24, 2.45) is 0 Å². The number of benzene rings is 3. The maximum atomic E-state index is 12.5. The van der Waals surface area contributed by atoms with E-state index < -0.39 is 10.0 Å². The van der Waals surface area contributed by atoms with Crippen LogP contribution in [-0.2, 0) is 23.0 Å². The van der Waals surface area contributed by atoms with Crippen LogP contribution >= 0.6 is 11.6 Å². The van der Waals surface area contributed by atoms with Crippen molar-refractivity contribution in [3.05, 3.63) is 94.5 Å². The first-order valence-corrected chi connectivity index (χ1v) is 13.3. The Bertz CT molecular complexity index is 1210. The van der Waals surface area contributed by atoms with Gasteiger partial charge in [-0.3, -0.25) is 9.10 Å². The number of rotatable bonds is 11. The summed E-state index contributed by atoms with van der Waals surface area (Å²) >= 11 is 6.03. The molecule has 34 heavy (non-hydrogen) atoms. The molecule has 0 fully saturated rings. The first-order valence-electron chi connectivity index (χ1n) is 11.1. The van der Waals surface area contributed by atoms with Crippen LogP contribution in [0.4, 0.5) is 5.69 Å². The second-order valence-electron chi connectivity index (χ2n) is 7.85. The van der Waals surface area contributed by atoms with E-state index in [1.807, 2.05) is 31.2 Å². The molecule has 0 atom stereocenters. The summed E-state index contributed by atoms with van der Waals surface area (Å²) in [6.07, 6.45) is 2.75. The largest absolute Gasteiger partial charge is 0.494 e. The molecule has 0 saturated carbocycles. The number of hydrogen-bond donors (Lipinski definition) is 1. The minimum Gasteiger partial charge on any atom is -0.494 e. The Morgan fingerprint density at radius 2 is 1.76 bits per heavy atom. The topological polar surface area (TPSA) is 75.7 Å². The molecule has 0 saturated heterocycles. The third-order valence-corrected chi connectivity index (χ3v) is 6.60. The molecule has 0 radical (unpaired) electrons. The average Bonchev–Trinajstić information content (AvgIpc) is 2.81. The highest BCUT2D eigenvalue weighted by Gasteiger charge is 2.18. The lowest BCUT2D eigenvalue weighted by Crippen LogP contribution is -2.29. The summed E-state index contributed by atoms with van der Waals surface area (Å²) in [5.41, 5.74) is 2.89. The number of ether oxygens (including phenoxy) is 1. The van der Waals surface area contributed by atoms with Gasteiger partial charge in [-0.05, 0) is 67.3 Å². The fourth-order valence-electron chi connectivity index (χ4n) is 3.55. The van der Waals surface area contributed by atoms with E-state index in [0.717, 1.165) is 36.0 Å². The van der Waals surface area contributed by atoms with Gasteiger partial charge in [0.05, 0.1) is 25.1 Å². The lowest BCUT2D eigenvalue weighted by atomic mass is 10.1. The van der Waals surface area contributed by atoms with Crippen molar-refractivity contribution in [3.8, 4) is 5.75 Å². The number of halogens is 1. The molecule has 3 rings (SSSR count). The Balaban J connectivity index is 1.57. The van der Waals surface area contributed by atoms with Crippen LogP contribution in [0.2, 0.25) is 5.02 Å². The van der Waals surface area contributed by atoms with E-state index in [-0.39, 0.29) is 12.5 Å². The number of carbonyl (C=O) groups is 1. The molecule has 3 aromatic rings. The molecule has 6 nitrogen and oxygen atoms in total. The van der Waals surface area contributed by atoms with E-state index >= 15 is 0 Å². The van der Waals surface area contributed by atoms with Gasteiger partial charge < -0.3 is 10.1 Å². The molecule has 1 amide bonds. The van der Waals surface area contributed by atoms with Gasteiger partial charge in [-0.2, -0.15) is 0 Å². The zero-order chi connectivity index (χ0) is 24.6. The molecule has 0 spiro atoms. The number of amides is 1. The standard InChI is InChI=1S/C26H29ClN2O4S/c1-3-33-25-12-5-4-8-21(25)9-7-17-28-26(30)22-15-13-20(14-16-22)19-29(34(2,31)32)24-11-6-10-23(27)18-24/h4-6,8,10-16,18H,3,7,9,17,19H2,1-2H3,(H,28,30). The van der Waals surface area contributed by atoms with Crippen LogP contribution < -0.4 is 14.4 Å². The van der Waals surface area contributed by atoms with E-state index in [1.54, 1.807) is 48.5 Å². The van der Waals surface area contributed by atoms with E-state index in [9.17, 15) is 13.2 Å². The van der Waals surface area contributed by atoms with Gasteiger partial charge >= 0.3 is 0 Å². The quantitative estimate of drug-likeness (QED) is 0.373. The summed E-state index contributed by atoms with van der Waals surface area (Å²) in [4.78, 5) is 12.5. The molecule has 0 aliphatic rings. The third-order valence-electron chi connectivity index (χ3n) is 5.22. The van der Waals surface area contributed by atoms with Crippen LogP contribution in [0.5, 0.6) is 5.75 Å². The van der Waals surface area contributed by atoms with Crippen molar-refractivity contribution < 1.29 is 17.9 Å². The van der Waals surface area contributed by atoms with E-state index in [2.05, 4.69) is 5.32 Å². The summed E-state index contributed by atoms with van der Waals surface area (Å²) < 4.78 is 31.6. The van der Waals surface area contributed by atoms with Crippen molar-refractivity contribution >= 4 is 33.2 Å². The third kappa shape index (κ3) is 7.23. The van der Waals surface area contributed by atoms with Crippen LogP contribution in [0.3, 0.4) is 0 Å². The molecule has 1 N–H and O–H groups in total. The molecule has 0 unspecified atom stereocenters. The number of anilines is 1. The molecular formula is C26H29ClN2O4S. The number of nitrogens with one attached hydrogen (secondary N) is 1. The SMILES string of the molecule is CCOc1ccccc1CCCNC(=O)c1ccc(CN(c2cccc(Cl)c2)S(C)(=O)=O)cc1. The predicted molar refractivity (Wildman–Crippen MR) is 137 cm³/mol. The van der Waals surface area contributed by atoms with Crippen molar-refractivity contribution in [1.29, 1.82) is 0 Å². The van der Waals surface area contributed by atoms with Gasteiger partial charge in [0.25, 0.3) is 5.91 Å². The molecule has 0 heterocycles. The highest BCUT2D eigenvalue weighted by atomic mass is 35.5. The number of aryl methyl sites for hydroxylation is 1. The van der Waals surface area contributed by atoms with Gasteiger partial charge in [0, 0.05) is 17.1 Å². The van der Waals surface area contributed by atoms with Gasteiger partial charge in [0.1, 0.15) is 5.75 Å². The minimum atomic E-state index is -3.52. The minimum absolute atomic E-state index is 0.139. The second-order valence-corrected chi connectivity index (χ2v) is 10.2. The monoisotopic (exact) mass is 500 g/mol. The fraction of sp³-hybridized carbons (Fsp3) is 0.269. The number of sulfonamides is 1. The lowest BCUT2D eigenvalue weighted by Gasteiger charge is -2.22. The molecule has 0 aliphatic carbocycles. The van der Waals surface area contributed by atoms with E-state index in [1.165, 1.54) is 4.31 Å². The Kier molecular flexibility index (Phi) is 8.96. The Hall–Kier alpha value is -3.03. The van der Waals surface area contributed by atoms with Crippen molar-refractivity contribution in [2.45, 2.75) is 26.3 Å². The van der Waals surface area contributed by atoms with Gasteiger partial charge in [-0.15, -0.1) is 0 Å². The maximum Gasteiger partial charge on any atom is 0.251 e. The zero-order valence-corrected chi connectivity index (χ0v) is 20.9. The highest BCUT2D eigenvalue weighted by molar-refractivity contribution is 7.92. The van der Waals surface area contributed by atoms with Crippen LogP contribution in [0.25, 0.3) is 0 Å². The van der Waals surface area contributed by atoms with Crippen LogP contribution in [0, 0.1) is 0 Å². The smallest absolute Gasteiger partial charge is 0.251 e. The van der Waals surface area contributed by atoms with Gasteiger partial charge in [0.15, 0.2) is 0 Å². The molecule has 0 bridgehead atoms. The van der Waals surface area contributed by atoms with Crippen molar-refractivity contribution in [2.75, 3.05) is 23.7 Å². The lowest BCUT2D eigenvalue weighted by molar-refractivity contribution is 0.0953. The number of nitrogens with zero attached hydrogens (tertiary/aromatic N) is 1. The summed E-state index contributed by atoms with van der Waals surface area (Å²) in [5, 5.41) is 3.39. The average molecular weight is 501 g/mol. The maximum absolute atomic E-state index is 12.5. The van der Waals surface area contributed by atoms with Crippen LogP contribution in [0.15, 0.2) is 72.8 Å². The number of carbonyl (C=O) groups excluding carboxylic acids is 1. The Labute approximate surface area is 206 Å². The molecular weight excluding hydrogens is 472 g/mol.